The van der Waals surface area contributed by atoms with Crippen molar-refractivity contribution in [1.82, 2.24) is 15.3 Å². The highest BCUT2D eigenvalue weighted by Gasteiger charge is 2.16. The first-order valence-corrected chi connectivity index (χ1v) is 9.03. The highest BCUT2D eigenvalue weighted by molar-refractivity contribution is 8.00. The number of carbonyl (C=O) groups is 2. The molecule has 0 spiro atoms. The van der Waals surface area contributed by atoms with Gasteiger partial charge >= 0.3 is 5.97 Å². The number of benzene rings is 1. The van der Waals surface area contributed by atoms with E-state index in [0.717, 1.165) is 23.1 Å². The molecule has 1 aromatic carbocycles. The number of amides is 1. The molecule has 0 aliphatic rings. The number of hydrogen-bond donors (Lipinski definition) is 2. The van der Waals surface area contributed by atoms with Gasteiger partial charge in [-0.15, -0.1) is 0 Å². The van der Waals surface area contributed by atoms with Crippen molar-refractivity contribution in [3.05, 3.63) is 51.9 Å². The normalized spacial score (nSPS) is 11.5. The number of rotatable bonds is 8. The van der Waals surface area contributed by atoms with E-state index in [9.17, 15) is 14.4 Å². The second kappa shape index (κ2) is 9.77. The van der Waals surface area contributed by atoms with E-state index < -0.39 is 16.8 Å². The molecule has 2 rings (SSSR count). The van der Waals surface area contributed by atoms with Crippen molar-refractivity contribution in [3.8, 4) is 5.75 Å². The van der Waals surface area contributed by atoms with E-state index in [1.54, 1.807) is 14.0 Å². The summed E-state index contributed by atoms with van der Waals surface area (Å²) in [5.74, 6) is 0.0574. The second-order valence-corrected chi connectivity index (χ2v) is 6.95. The Morgan fingerprint density at radius 1 is 1.26 bits per heavy atom. The van der Waals surface area contributed by atoms with Crippen LogP contribution in [0.25, 0.3) is 0 Å². The fourth-order valence-electron chi connectivity index (χ4n) is 2.15. The molecule has 9 heteroatoms. The molecule has 0 unspecified atom stereocenters. The molecular weight excluding hydrogens is 370 g/mol. The van der Waals surface area contributed by atoms with Gasteiger partial charge in [0.25, 0.3) is 5.56 Å². The van der Waals surface area contributed by atoms with Crippen molar-refractivity contribution in [1.29, 1.82) is 0 Å². The van der Waals surface area contributed by atoms with E-state index >= 15 is 0 Å². The van der Waals surface area contributed by atoms with Crippen molar-refractivity contribution < 1.29 is 19.1 Å². The topological polar surface area (TPSA) is 110 Å². The Kier molecular flexibility index (Phi) is 7.42. The number of carbonyl (C=O) groups excluding carboxylic acids is 2. The van der Waals surface area contributed by atoms with Crippen LogP contribution in [0.15, 0.2) is 40.3 Å². The maximum absolute atomic E-state index is 12.3. The van der Waals surface area contributed by atoms with Crippen molar-refractivity contribution in [2.24, 2.45) is 0 Å². The largest absolute Gasteiger partial charge is 0.497 e. The van der Waals surface area contributed by atoms with Crippen LogP contribution in [0.3, 0.4) is 0 Å². The minimum Gasteiger partial charge on any atom is -0.497 e. The van der Waals surface area contributed by atoms with Crippen LogP contribution in [-0.2, 0) is 27.3 Å². The van der Waals surface area contributed by atoms with Gasteiger partial charge in [-0.25, -0.2) is 4.98 Å². The third kappa shape index (κ3) is 6.45. The van der Waals surface area contributed by atoms with E-state index in [2.05, 4.69) is 20.0 Å². The van der Waals surface area contributed by atoms with Gasteiger partial charge < -0.3 is 19.8 Å². The van der Waals surface area contributed by atoms with Crippen LogP contribution >= 0.6 is 11.8 Å². The molecular formula is C18H21N3O5S. The standard InChI is InChI=1S/C18H21N3O5S/c1-11(17(24)19-10-12-4-6-14(25-2)7-5-12)27-18-20-13(8-15(22)21-18)9-16(23)26-3/h4-8,11H,9-10H2,1-3H3,(H,19,24)(H,20,21,22)/t11-/m0/s1. The minimum absolute atomic E-state index is 0.105. The Balaban J connectivity index is 1.94. The fourth-order valence-corrected chi connectivity index (χ4v) is 3.00. The van der Waals surface area contributed by atoms with Crippen LogP contribution in [0.4, 0.5) is 0 Å². The lowest BCUT2D eigenvalue weighted by atomic mass is 10.2. The number of H-pyrrole nitrogens is 1. The van der Waals surface area contributed by atoms with Gasteiger partial charge in [-0.1, -0.05) is 23.9 Å². The van der Waals surface area contributed by atoms with E-state index in [1.807, 2.05) is 24.3 Å². The predicted molar refractivity (Wildman–Crippen MR) is 101 cm³/mol. The SMILES string of the molecule is COC(=O)Cc1cc(=O)[nH]c(S[C@@H](C)C(=O)NCc2ccc(OC)cc2)n1. The van der Waals surface area contributed by atoms with Crippen LogP contribution in [-0.4, -0.2) is 41.3 Å². The third-order valence-electron chi connectivity index (χ3n) is 3.61. The minimum atomic E-state index is -0.491. The molecule has 0 saturated carbocycles. The molecule has 1 aromatic heterocycles. The Hall–Kier alpha value is -2.81. The van der Waals surface area contributed by atoms with Crippen molar-refractivity contribution in [2.45, 2.75) is 30.3 Å². The molecule has 1 heterocycles. The van der Waals surface area contributed by atoms with E-state index in [1.165, 1.54) is 13.2 Å². The molecule has 0 bridgehead atoms. The zero-order chi connectivity index (χ0) is 19.8. The highest BCUT2D eigenvalue weighted by atomic mass is 32.2. The molecule has 1 atom stereocenters. The van der Waals surface area contributed by atoms with Crippen LogP contribution in [0.5, 0.6) is 5.75 Å². The van der Waals surface area contributed by atoms with Crippen molar-refractivity contribution in [3.63, 3.8) is 0 Å². The number of aromatic amines is 1. The maximum atomic E-state index is 12.3. The summed E-state index contributed by atoms with van der Waals surface area (Å²) in [6.45, 7) is 2.08. The lowest BCUT2D eigenvalue weighted by molar-refractivity contribution is -0.139. The highest BCUT2D eigenvalue weighted by Crippen LogP contribution is 2.19. The molecule has 2 N–H and O–H groups in total. The number of thioether (sulfide) groups is 1. The number of aromatic nitrogens is 2. The van der Waals surface area contributed by atoms with Gasteiger partial charge in [0.2, 0.25) is 5.91 Å². The first-order chi connectivity index (χ1) is 12.9. The number of esters is 1. The first-order valence-electron chi connectivity index (χ1n) is 8.15. The van der Waals surface area contributed by atoms with Gasteiger partial charge in [-0.05, 0) is 24.6 Å². The average molecular weight is 391 g/mol. The molecule has 0 aliphatic heterocycles. The number of nitrogens with zero attached hydrogens (tertiary/aromatic N) is 1. The van der Waals surface area contributed by atoms with E-state index in [-0.39, 0.29) is 17.5 Å². The van der Waals surface area contributed by atoms with Gasteiger partial charge in [0.05, 0.1) is 31.6 Å². The van der Waals surface area contributed by atoms with Gasteiger partial charge in [0.1, 0.15) is 5.75 Å². The van der Waals surface area contributed by atoms with E-state index in [4.69, 9.17) is 4.74 Å². The van der Waals surface area contributed by atoms with Crippen molar-refractivity contribution in [2.75, 3.05) is 14.2 Å². The summed E-state index contributed by atoms with van der Waals surface area (Å²) < 4.78 is 9.67. The van der Waals surface area contributed by atoms with Gasteiger partial charge in [0.15, 0.2) is 5.16 Å². The summed E-state index contributed by atoms with van der Waals surface area (Å²) in [6, 6.07) is 8.61. The Morgan fingerprint density at radius 2 is 1.96 bits per heavy atom. The monoisotopic (exact) mass is 391 g/mol. The van der Waals surface area contributed by atoms with Gasteiger partial charge in [-0.3, -0.25) is 14.4 Å². The smallest absolute Gasteiger partial charge is 0.311 e. The van der Waals surface area contributed by atoms with Crippen LogP contribution < -0.4 is 15.6 Å². The van der Waals surface area contributed by atoms with Gasteiger partial charge in [-0.2, -0.15) is 0 Å². The number of nitrogens with one attached hydrogen (secondary N) is 2. The lowest BCUT2D eigenvalue weighted by Crippen LogP contribution is -2.30. The Bertz CT molecular complexity index is 851. The molecule has 144 valence electrons. The molecule has 1 amide bonds. The van der Waals surface area contributed by atoms with Crippen LogP contribution in [0.1, 0.15) is 18.2 Å². The van der Waals surface area contributed by atoms with Gasteiger partial charge in [0, 0.05) is 12.6 Å². The molecule has 2 aromatic rings. The molecule has 8 nitrogen and oxygen atoms in total. The number of hydrogen-bond acceptors (Lipinski definition) is 7. The molecule has 0 radical (unpaired) electrons. The Labute approximate surface area is 160 Å². The molecule has 0 aliphatic carbocycles. The summed E-state index contributed by atoms with van der Waals surface area (Å²) in [5, 5.41) is 2.62. The quantitative estimate of drug-likeness (QED) is 0.396. The third-order valence-corrected chi connectivity index (χ3v) is 4.59. The number of ether oxygens (including phenoxy) is 2. The molecule has 0 fully saturated rings. The first kappa shape index (κ1) is 20.5. The predicted octanol–water partition coefficient (Wildman–Crippen LogP) is 1.29. The molecule has 27 heavy (non-hydrogen) atoms. The summed E-state index contributed by atoms with van der Waals surface area (Å²) in [4.78, 5) is 42.1. The zero-order valence-corrected chi connectivity index (χ0v) is 16.1. The molecule has 0 saturated heterocycles. The summed E-state index contributed by atoms with van der Waals surface area (Å²) >= 11 is 1.11. The average Bonchev–Trinajstić information content (AvgIpc) is 2.65. The fraction of sp³-hybridized carbons (Fsp3) is 0.333. The summed E-state index contributed by atoms with van der Waals surface area (Å²) in [5.41, 5.74) is 0.837. The second-order valence-electron chi connectivity index (χ2n) is 5.62. The number of methoxy groups -OCH3 is 2. The van der Waals surface area contributed by atoms with Crippen LogP contribution in [0, 0.1) is 0 Å². The van der Waals surface area contributed by atoms with Crippen LogP contribution in [0.2, 0.25) is 0 Å². The summed E-state index contributed by atoms with van der Waals surface area (Å²) in [7, 11) is 2.86. The summed E-state index contributed by atoms with van der Waals surface area (Å²) in [6.07, 6.45) is -0.105. The Morgan fingerprint density at radius 3 is 2.59 bits per heavy atom. The lowest BCUT2D eigenvalue weighted by Gasteiger charge is -2.12. The van der Waals surface area contributed by atoms with E-state index in [0.29, 0.717) is 12.2 Å². The maximum Gasteiger partial charge on any atom is 0.311 e. The van der Waals surface area contributed by atoms with Crippen molar-refractivity contribution >= 4 is 23.6 Å². The zero-order valence-electron chi connectivity index (χ0n) is 15.3.